The number of hydrogen-bond donors (Lipinski definition) is 3. The highest BCUT2D eigenvalue weighted by molar-refractivity contribution is 6.07. The van der Waals surface area contributed by atoms with E-state index < -0.39 is 6.10 Å². The van der Waals surface area contributed by atoms with E-state index in [1.165, 1.54) is 0 Å². The first-order chi connectivity index (χ1) is 13.1. The molecule has 2 aromatic rings. The number of halogens is 1. The van der Waals surface area contributed by atoms with Gasteiger partial charge in [0.2, 0.25) is 6.79 Å². The van der Waals surface area contributed by atoms with E-state index in [0.717, 1.165) is 6.42 Å². The van der Waals surface area contributed by atoms with Gasteiger partial charge in [0.15, 0.2) is 11.5 Å². The van der Waals surface area contributed by atoms with Gasteiger partial charge in [0.1, 0.15) is 6.10 Å². The molecule has 28 heavy (non-hydrogen) atoms. The lowest BCUT2D eigenvalue weighted by atomic mass is 10.1. The molecule has 148 valence electrons. The SMILES string of the molecule is Cl.Nc1cc2c(cc1NC(=O)c1cccc(NC(=O)C3CCCO3)c1)OCO2. The van der Waals surface area contributed by atoms with Gasteiger partial charge in [-0.25, -0.2) is 0 Å². The van der Waals surface area contributed by atoms with E-state index in [0.29, 0.717) is 47.2 Å². The Hall–Kier alpha value is -2.97. The average molecular weight is 406 g/mol. The molecule has 0 aliphatic carbocycles. The number of nitrogens with two attached hydrogens (primary N) is 1. The normalized spacial score (nSPS) is 16.9. The quantitative estimate of drug-likeness (QED) is 0.674. The summed E-state index contributed by atoms with van der Waals surface area (Å²) in [4.78, 5) is 24.7. The fourth-order valence-corrected chi connectivity index (χ4v) is 3.01. The second-order valence-corrected chi connectivity index (χ2v) is 6.32. The Morgan fingerprint density at radius 3 is 2.61 bits per heavy atom. The number of benzene rings is 2. The van der Waals surface area contributed by atoms with Gasteiger partial charge in [-0.2, -0.15) is 0 Å². The molecule has 8 nitrogen and oxygen atoms in total. The fourth-order valence-electron chi connectivity index (χ4n) is 3.01. The standard InChI is InChI=1S/C19H19N3O5.ClH/c20-13-8-16-17(27-10-26-16)9-14(13)22-18(23)11-3-1-4-12(7-11)21-19(24)15-5-2-6-25-15;/h1,3-4,7-9,15H,2,5-6,10,20H2,(H,21,24)(H,22,23);1H. The first-order valence-corrected chi connectivity index (χ1v) is 8.63. The van der Waals surface area contributed by atoms with E-state index in [9.17, 15) is 9.59 Å². The average Bonchev–Trinajstić information content (AvgIpc) is 3.33. The van der Waals surface area contributed by atoms with Crippen molar-refractivity contribution in [3.8, 4) is 11.5 Å². The predicted molar refractivity (Wildman–Crippen MR) is 106 cm³/mol. The van der Waals surface area contributed by atoms with Crippen LogP contribution in [0, 0.1) is 0 Å². The molecular weight excluding hydrogens is 386 g/mol. The van der Waals surface area contributed by atoms with Gasteiger partial charge >= 0.3 is 0 Å². The van der Waals surface area contributed by atoms with Crippen LogP contribution >= 0.6 is 12.4 Å². The lowest BCUT2D eigenvalue weighted by Gasteiger charge is -2.12. The van der Waals surface area contributed by atoms with Crippen LogP contribution in [0.15, 0.2) is 36.4 Å². The number of amides is 2. The number of anilines is 3. The van der Waals surface area contributed by atoms with Crippen LogP contribution in [0.25, 0.3) is 0 Å². The number of nitrogen functional groups attached to an aromatic ring is 1. The summed E-state index contributed by atoms with van der Waals surface area (Å²) in [6.45, 7) is 0.718. The Morgan fingerprint density at radius 2 is 1.86 bits per heavy atom. The third kappa shape index (κ3) is 4.13. The third-order valence-corrected chi connectivity index (χ3v) is 4.41. The maximum Gasteiger partial charge on any atom is 0.255 e. The smallest absolute Gasteiger partial charge is 0.255 e. The molecule has 2 aliphatic rings. The number of ether oxygens (including phenoxy) is 3. The number of rotatable bonds is 4. The van der Waals surface area contributed by atoms with Crippen LogP contribution in [-0.4, -0.2) is 31.3 Å². The number of carbonyl (C=O) groups is 2. The van der Waals surface area contributed by atoms with Crippen LogP contribution in [0.2, 0.25) is 0 Å². The summed E-state index contributed by atoms with van der Waals surface area (Å²) in [5.41, 5.74) is 7.68. The van der Waals surface area contributed by atoms with Crippen molar-refractivity contribution in [2.75, 3.05) is 29.8 Å². The molecule has 0 bridgehead atoms. The van der Waals surface area contributed by atoms with Crippen LogP contribution in [-0.2, 0) is 9.53 Å². The summed E-state index contributed by atoms with van der Waals surface area (Å²) < 4.78 is 15.9. The highest BCUT2D eigenvalue weighted by Crippen LogP contribution is 2.38. The zero-order valence-electron chi connectivity index (χ0n) is 14.9. The summed E-state index contributed by atoms with van der Waals surface area (Å²) in [5, 5.41) is 5.54. The Morgan fingerprint density at radius 1 is 1.07 bits per heavy atom. The molecule has 2 aromatic carbocycles. The molecule has 1 saturated heterocycles. The first kappa shape index (κ1) is 19.8. The molecular formula is C19H20ClN3O5. The fraction of sp³-hybridized carbons (Fsp3) is 0.263. The van der Waals surface area contributed by atoms with E-state index in [2.05, 4.69) is 10.6 Å². The van der Waals surface area contributed by atoms with Gasteiger partial charge in [0, 0.05) is 30.0 Å². The predicted octanol–water partition coefficient (Wildman–Crippen LogP) is 2.79. The molecule has 4 rings (SSSR count). The maximum atomic E-state index is 12.6. The van der Waals surface area contributed by atoms with E-state index in [-0.39, 0.29) is 31.0 Å². The van der Waals surface area contributed by atoms with Crippen molar-refractivity contribution in [1.82, 2.24) is 0 Å². The summed E-state index contributed by atoms with van der Waals surface area (Å²) >= 11 is 0. The highest BCUT2D eigenvalue weighted by Gasteiger charge is 2.24. The Bertz CT molecular complexity index is 899. The summed E-state index contributed by atoms with van der Waals surface area (Å²) in [5.74, 6) is 0.514. The summed E-state index contributed by atoms with van der Waals surface area (Å²) in [6.07, 6.45) is 1.14. The van der Waals surface area contributed by atoms with Crippen molar-refractivity contribution in [1.29, 1.82) is 0 Å². The van der Waals surface area contributed by atoms with Gasteiger partial charge in [-0.3, -0.25) is 9.59 Å². The van der Waals surface area contributed by atoms with Gasteiger partial charge in [0.05, 0.1) is 11.4 Å². The van der Waals surface area contributed by atoms with E-state index in [1.54, 1.807) is 36.4 Å². The maximum absolute atomic E-state index is 12.6. The monoisotopic (exact) mass is 405 g/mol. The zero-order chi connectivity index (χ0) is 18.8. The van der Waals surface area contributed by atoms with Gasteiger partial charge in [0.25, 0.3) is 11.8 Å². The van der Waals surface area contributed by atoms with E-state index in [1.807, 2.05) is 0 Å². The molecule has 1 atom stereocenters. The molecule has 0 radical (unpaired) electrons. The molecule has 2 aliphatic heterocycles. The molecule has 0 spiro atoms. The van der Waals surface area contributed by atoms with E-state index in [4.69, 9.17) is 19.9 Å². The molecule has 1 fully saturated rings. The first-order valence-electron chi connectivity index (χ1n) is 8.63. The molecule has 9 heteroatoms. The van der Waals surface area contributed by atoms with Gasteiger partial charge in [-0.1, -0.05) is 6.07 Å². The van der Waals surface area contributed by atoms with Crippen LogP contribution in [0.5, 0.6) is 11.5 Å². The summed E-state index contributed by atoms with van der Waals surface area (Å²) in [6, 6.07) is 9.90. The largest absolute Gasteiger partial charge is 0.454 e. The van der Waals surface area contributed by atoms with Crippen molar-refractivity contribution in [3.63, 3.8) is 0 Å². The second kappa shape index (κ2) is 8.37. The molecule has 0 saturated carbocycles. The molecule has 1 unspecified atom stereocenters. The third-order valence-electron chi connectivity index (χ3n) is 4.41. The van der Waals surface area contributed by atoms with Gasteiger partial charge in [-0.15, -0.1) is 12.4 Å². The molecule has 2 heterocycles. The van der Waals surface area contributed by atoms with Crippen LogP contribution in [0.4, 0.5) is 17.1 Å². The van der Waals surface area contributed by atoms with Crippen molar-refractivity contribution < 1.29 is 23.8 Å². The number of hydrogen-bond acceptors (Lipinski definition) is 6. The molecule has 2 amide bonds. The van der Waals surface area contributed by atoms with Crippen molar-refractivity contribution in [2.45, 2.75) is 18.9 Å². The zero-order valence-corrected chi connectivity index (χ0v) is 15.7. The number of fused-ring (bicyclic) bond motifs is 1. The topological polar surface area (TPSA) is 112 Å². The second-order valence-electron chi connectivity index (χ2n) is 6.32. The minimum atomic E-state index is -0.434. The lowest BCUT2D eigenvalue weighted by Crippen LogP contribution is -2.27. The van der Waals surface area contributed by atoms with Gasteiger partial charge < -0.3 is 30.6 Å². The van der Waals surface area contributed by atoms with Crippen molar-refractivity contribution >= 4 is 41.3 Å². The van der Waals surface area contributed by atoms with Crippen LogP contribution in [0.3, 0.4) is 0 Å². The van der Waals surface area contributed by atoms with Crippen LogP contribution < -0.4 is 25.8 Å². The molecule has 4 N–H and O–H groups in total. The van der Waals surface area contributed by atoms with Crippen LogP contribution in [0.1, 0.15) is 23.2 Å². The number of nitrogens with one attached hydrogen (secondary N) is 2. The summed E-state index contributed by atoms with van der Waals surface area (Å²) in [7, 11) is 0. The highest BCUT2D eigenvalue weighted by atomic mass is 35.5. The van der Waals surface area contributed by atoms with Crippen molar-refractivity contribution in [2.24, 2.45) is 0 Å². The minimum absolute atomic E-state index is 0. The van der Waals surface area contributed by atoms with Gasteiger partial charge in [-0.05, 0) is 31.0 Å². The minimum Gasteiger partial charge on any atom is -0.454 e. The lowest BCUT2D eigenvalue weighted by molar-refractivity contribution is -0.124. The Kier molecular flexibility index (Phi) is 5.91. The Balaban J connectivity index is 0.00000225. The van der Waals surface area contributed by atoms with Crippen molar-refractivity contribution in [3.05, 3.63) is 42.0 Å². The molecule has 0 aromatic heterocycles. The van der Waals surface area contributed by atoms with E-state index >= 15 is 0 Å². The Labute approximate surface area is 167 Å². The number of carbonyl (C=O) groups excluding carboxylic acids is 2.